The van der Waals surface area contributed by atoms with Crippen LogP contribution in [0.2, 0.25) is 10.0 Å². The van der Waals surface area contributed by atoms with Crippen LogP contribution in [0.15, 0.2) is 91.0 Å². The number of halogens is 5. The number of imidazole rings is 1. The van der Waals surface area contributed by atoms with Crippen LogP contribution >= 0.6 is 23.2 Å². The number of H-pyrrole nitrogens is 1. The summed E-state index contributed by atoms with van der Waals surface area (Å²) in [5.74, 6) is -0.326. The molecule has 0 amide bonds. The lowest BCUT2D eigenvalue weighted by atomic mass is 10.0. The number of carboxylic acids is 1. The molecule has 9 heteroatoms. The number of carbonyl (C=O) groups is 1. The Labute approximate surface area is 238 Å². The van der Waals surface area contributed by atoms with Gasteiger partial charge in [-0.2, -0.15) is 13.2 Å². The maximum Gasteiger partial charge on any atom is 0.416 e. The number of rotatable bonds is 7. The van der Waals surface area contributed by atoms with Gasteiger partial charge in [0.15, 0.2) is 0 Å². The maximum atomic E-state index is 13.1. The summed E-state index contributed by atoms with van der Waals surface area (Å²) in [6.45, 7) is 0. The normalized spacial score (nSPS) is 11.5. The van der Waals surface area contributed by atoms with Gasteiger partial charge in [-0.05, 0) is 64.7 Å². The highest BCUT2D eigenvalue weighted by molar-refractivity contribution is 6.36. The van der Waals surface area contributed by atoms with Gasteiger partial charge in [0.2, 0.25) is 0 Å². The number of benzene rings is 4. The van der Waals surface area contributed by atoms with Gasteiger partial charge < -0.3 is 10.1 Å². The van der Waals surface area contributed by atoms with Crippen LogP contribution in [-0.4, -0.2) is 21.0 Å². The van der Waals surface area contributed by atoms with Gasteiger partial charge in [-0.1, -0.05) is 71.7 Å². The summed E-state index contributed by atoms with van der Waals surface area (Å²) in [4.78, 5) is 19.4. The molecule has 202 valence electrons. The third kappa shape index (κ3) is 6.22. The number of alkyl halides is 3. The molecule has 1 heterocycles. The van der Waals surface area contributed by atoms with Crippen molar-refractivity contribution in [3.8, 4) is 22.4 Å². The van der Waals surface area contributed by atoms with E-state index in [0.717, 1.165) is 29.0 Å². The molecule has 0 saturated heterocycles. The molecule has 0 unspecified atom stereocenters. The number of carboxylic acid groups (broad SMARTS) is 1. The zero-order chi connectivity index (χ0) is 28.4. The van der Waals surface area contributed by atoms with Crippen LogP contribution in [0.25, 0.3) is 22.4 Å². The minimum atomic E-state index is -4.41. The van der Waals surface area contributed by atoms with Gasteiger partial charge in [0.1, 0.15) is 5.82 Å². The Balaban J connectivity index is 1.43. The van der Waals surface area contributed by atoms with E-state index in [2.05, 4.69) is 4.98 Å². The SMILES string of the molecule is O=C(O)c1ccc(Cc2[nH]c(Cc3ccc(-c4cccc(C(F)(F)F)c4)cc3)nc2-c2ccc(Cl)cc2Cl)cc1. The van der Waals surface area contributed by atoms with Crippen molar-refractivity contribution in [1.29, 1.82) is 0 Å². The van der Waals surface area contributed by atoms with E-state index in [9.17, 15) is 23.1 Å². The number of aromatic carboxylic acids is 1. The van der Waals surface area contributed by atoms with Gasteiger partial charge in [0, 0.05) is 29.1 Å². The lowest BCUT2D eigenvalue weighted by Gasteiger charge is -2.09. The topological polar surface area (TPSA) is 66.0 Å². The van der Waals surface area contributed by atoms with Crippen LogP contribution in [0.1, 0.15) is 38.6 Å². The van der Waals surface area contributed by atoms with Gasteiger partial charge in [-0.3, -0.25) is 0 Å². The lowest BCUT2D eigenvalue weighted by Crippen LogP contribution is -2.04. The summed E-state index contributed by atoms with van der Waals surface area (Å²) >= 11 is 12.6. The lowest BCUT2D eigenvalue weighted by molar-refractivity contribution is -0.137. The molecular weight excluding hydrogens is 560 g/mol. The molecule has 0 atom stereocenters. The maximum absolute atomic E-state index is 13.1. The van der Waals surface area contributed by atoms with Crippen molar-refractivity contribution in [1.82, 2.24) is 9.97 Å². The van der Waals surface area contributed by atoms with E-state index in [1.165, 1.54) is 6.07 Å². The summed E-state index contributed by atoms with van der Waals surface area (Å²) in [7, 11) is 0. The number of hydrogen-bond acceptors (Lipinski definition) is 2. The highest BCUT2D eigenvalue weighted by Crippen LogP contribution is 2.34. The van der Waals surface area contributed by atoms with E-state index in [1.807, 2.05) is 12.1 Å². The standard InChI is InChI=1S/C31H21Cl2F3N2O2/c32-24-12-13-25(26(33)17-24)29-27(14-18-6-10-21(11-7-18)30(39)40)37-28(38-29)15-19-4-8-20(9-5-19)22-2-1-3-23(16-22)31(34,35)36/h1-13,16-17H,14-15H2,(H,37,38)(H,39,40). The molecule has 0 fully saturated rings. The van der Waals surface area contributed by atoms with Crippen molar-refractivity contribution in [2.45, 2.75) is 19.0 Å². The molecule has 0 aliphatic heterocycles. The number of nitrogens with one attached hydrogen (secondary N) is 1. The predicted octanol–water partition coefficient (Wildman–Crippen LogP) is 8.95. The summed E-state index contributed by atoms with van der Waals surface area (Å²) in [5.41, 5.74) is 4.61. The van der Waals surface area contributed by atoms with E-state index in [-0.39, 0.29) is 5.56 Å². The van der Waals surface area contributed by atoms with E-state index in [0.29, 0.717) is 51.1 Å². The third-order valence-corrected chi connectivity index (χ3v) is 6.99. The molecule has 0 radical (unpaired) electrons. The fourth-order valence-corrected chi connectivity index (χ4v) is 4.93. The van der Waals surface area contributed by atoms with E-state index < -0.39 is 17.7 Å². The van der Waals surface area contributed by atoms with Crippen molar-refractivity contribution in [3.63, 3.8) is 0 Å². The average molecular weight is 581 g/mol. The molecule has 5 aromatic rings. The van der Waals surface area contributed by atoms with Gasteiger partial charge in [0.25, 0.3) is 0 Å². The number of nitrogens with zero attached hydrogens (tertiary/aromatic N) is 1. The Morgan fingerprint density at radius 3 is 2.15 bits per heavy atom. The summed E-state index contributed by atoms with van der Waals surface area (Å²) in [5, 5.41) is 10.1. The molecule has 4 nitrogen and oxygen atoms in total. The fraction of sp³-hybridized carbons (Fsp3) is 0.0968. The van der Waals surface area contributed by atoms with Crippen molar-refractivity contribution in [2.24, 2.45) is 0 Å². The second-order valence-corrected chi connectivity index (χ2v) is 10.1. The highest BCUT2D eigenvalue weighted by Gasteiger charge is 2.30. The van der Waals surface area contributed by atoms with E-state index in [1.54, 1.807) is 60.7 Å². The fourth-order valence-electron chi connectivity index (χ4n) is 4.43. The minimum Gasteiger partial charge on any atom is -0.478 e. The zero-order valence-corrected chi connectivity index (χ0v) is 22.3. The van der Waals surface area contributed by atoms with Crippen LogP contribution in [0.3, 0.4) is 0 Å². The Hall–Kier alpha value is -4.07. The van der Waals surface area contributed by atoms with Gasteiger partial charge in [-0.25, -0.2) is 9.78 Å². The molecule has 0 saturated carbocycles. The zero-order valence-electron chi connectivity index (χ0n) is 20.8. The van der Waals surface area contributed by atoms with E-state index in [4.69, 9.17) is 28.2 Å². The first-order valence-electron chi connectivity index (χ1n) is 12.2. The van der Waals surface area contributed by atoms with Crippen LogP contribution in [0.5, 0.6) is 0 Å². The first kappa shape index (κ1) is 27.5. The Morgan fingerprint density at radius 2 is 1.50 bits per heavy atom. The molecule has 4 aromatic carbocycles. The minimum absolute atomic E-state index is 0.198. The summed E-state index contributed by atoms with van der Waals surface area (Å²) in [6, 6.07) is 24.3. The van der Waals surface area contributed by atoms with Crippen molar-refractivity contribution in [2.75, 3.05) is 0 Å². The van der Waals surface area contributed by atoms with Gasteiger partial charge >= 0.3 is 12.1 Å². The largest absolute Gasteiger partial charge is 0.478 e. The molecule has 0 spiro atoms. The van der Waals surface area contributed by atoms with Crippen LogP contribution in [0, 0.1) is 0 Å². The molecule has 0 aliphatic rings. The molecule has 5 rings (SSSR count). The van der Waals surface area contributed by atoms with Crippen LogP contribution in [0.4, 0.5) is 13.2 Å². The number of aromatic nitrogens is 2. The summed E-state index contributed by atoms with van der Waals surface area (Å²) in [6.07, 6.45) is -3.51. The molecule has 1 aromatic heterocycles. The monoisotopic (exact) mass is 580 g/mol. The van der Waals surface area contributed by atoms with Crippen molar-refractivity contribution >= 4 is 29.2 Å². The second kappa shape index (κ2) is 11.2. The average Bonchev–Trinajstić information content (AvgIpc) is 3.30. The van der Waals surface area contributed by atoms with Gasteiger partial charge in [0.05, 0.1) is 21.8 Å². The molecule has 40 heavy (non-hydrogen) atoms. The third-order valence-electron chi connectivity index (χ3n) is 6.44. The van der Waals surface area contributed by atoms with Crippen molar-refractivity contribution < 1.29 is 23.1 Å². The van der Waals surface area contributed by atoms with Crippen LogP contribution < -0.4 is 0 Å². The molecule has 2 N–H and O–H groups in total. The quantitative estimate of drug-likeness (QED) is 0.202. The smallest absolute Gasteiger partial charge is 0.416 e. The predicted molar refractivity (Wildman–Crippen MR) is 150 cm³/mol. The van der Waals surface area contributed by atoms with E-state index >= 15 is 0 Å². The molecular formula is C31H21Cl2F3N2O2. The molecule has 0 bridgehead atoms. The number of hydrogen-bond donors (Lipinski definition) is 2. The molecule has 0 aliphatic carbocycles. The first-order chi connectivity index (χ1) is 19.1. The Bertz CT molecular complexity index is 1680. The Morgan fingerprint density at radius 1 is 0.825 bits per heavy atom. The number of aromatic amines is 1. The van der Waals surface area contributed by atoms with Crippen molar-refractivity contribution in [3.05, 3.63) is 135 Å². The summed E-state index contributed by atoms with van der Waals surface area (Å²) < 4.78 is 39.4. The van der Waals surface area contributed by atoms with Crippen LogP contribution in [-0.2, 0) is 19.0 Å². The Kier molecular flexibility index (Phi) is 7.70. The second-order valence-electron chi connectivity index (χ2n) is 9.27. The highest BCUT2D eigenvalue weighted by atomic mass is 35.5. The van der Waals surface area contributed by atoms with Gasteiger partial charge in [-0.15, -0.1) is 0 Å². The first-order valence-corrected chi connectivity index (χ1v) is 12.9.